The van der Waals surface area contributed by atoms with E-state index < -0.39 is 17.7 Å². The van der Waals surface area contributed by atoms with E-state index in [0.29, 0.717) is 17.0 Å². The molecule has 1 aliphatic heterocycles. The number of ether oxygens (including phenoxy) is 3. The topological polar surface area (TPSA) is 87.0 Å². The number of carbonyl (C=O) groups is 2. The summed E-state index contributed by atoms with van der Waals surface area (Å²) in [5.74, 6) is -2.26. The predicted octanol–water partition coefficient (Wildman–Crippen LogP) is 3.73. The predicted molar refractivity (Wildman–Crippen MR) is 98.2 cm³/mol. The third kappa shape index (κ3) is 2.97. The van der Waals surface area contributed by atoms with Crippen molar-refractivity contribution in [3.63, 3.8) is 0 Å². The van der Waals surface area contributed by atoms with Gasteiger partial charge in [-0.25, -0.2) is 9.59 Å². The highest BCUT2D eigenvalue weighted by Gasteiger charge is 2.39. The highest BCUT2D eigenvalue weighted by Crippen LogP contribution is 2.36. The van der Waals surface area contributed by atoms with E-state index in [1.54, 1.807) is 6.07 Å². The number of nitrogens with one attached hydrogen (secondary N) is 1. The molecule has 0 spiro atoms. The SMILES string of the molecule is COc1cc2c(cc1NC=C1C(=O)OC(C)(C)OC1=O)oc1ccccc12. The minimum absolute atomic E-state index is 0.235. The molecule has 2 heterocycles. The molecule has 0 saturated carbocycles. The molecule has 0 unspecified atom stereocenters. The van der Waals surface area contributed by atoms with Crippen LogP contribution in [0.15, 0.2) is 52.6 Å². The average Bonchev–Trinajstić information content (AvgIpc) is 2.96. The van der Waals surface area contributed by atoms with Gasteiger partial charge in [0.05, 0.1) is 12.8 Å². The van der Waals surface area contributed by atoms with Crippen molar-refractivity contribution < 1.29 is 28.2 Å². The Kier molecular flexibility index (Phi) is 3.80. The van der Waals surface area contributed by atoms with E-state index in [0.717, 1.165) is 16.4 Å². The highest BCUT2D eigenvalue weighted by molar-refractivity contribution is 6.15. The zero-order chi connectivity index (χ0) is 19.2. The van der Waals surface area contributed by atoms with Crippen LogP contribution in [0, 0.1) is 0 Å². The third-order valence-electron chi connectivity index (χ3n) is 4.19. The van der Waals surface area contributed by atoms with Crippen LogP contribution in [0.4, 0.5) is 5.69 Å². The average molecular weight is 367 g/mol. The van der Waals surface area contributed by atoms with Gasteiger partial charge in [-0.05, 0) is 12.1 Å². The van der Waals surface area contributed by atoms with E-state index in [-0.39, 0.29) is 5.57 Å². The van der Waals surface area contributed by atoms with Gasteiger partial charge in [0.1, 0.15) is 16.9 Å². The molecule has 0 atom stereocenters. The first-order chi connectivity index (χ1) is 12.9. The third-order valence-corrected chi connectivity index (χ3v) is 4.19. The number of cyclic esters (lactones) is 2. The molecular weight excluding hydrogens is 350 g/mol. The summed E-state index contributed by atoms with van der Waals surface area (Å²) < 4.78 is 21.4. The standard InChI is InChI=1S/C20H17NO6/c1-20(2)26-18(22)13(19(23)27-20)10-21-14-9-16-12(8-17(14)24-3)11-6-4-5-7-15(11)25-16/h4-10,21H,1-3H3. The molecule has 4 rings (SSSR count). The Bertz CT molecular complexity index is 1090. The normalized spacial score (nSPS) is 16.2. The number of hydrogen-bond donors (Lipinski definition) is 1. The number of esters is 2. The minimum Gasteiger partial charge on any atom is -0.495 e. The van der Waals surface area contributed by atoms with Crippen LogP contribution in [0.3, 0.4) is 0 Å². The Hall–Kier alpha value is -3.48. The van der Waals surface area contributed by atoms with E-state index in [2.05, 4.69) is 5.32 Å². The molecule has 0 radical (unpaired) electrons. The maximum atomic E-state index is 12.0. The second-order valence-electron chi connectivity index (χ2n) is 6.53. The van der Waals surface area contributed by atoms with Crippen molar-refractivity contribution in [1.82, 2.24) is 0 Å². The van der Waals surface area contributed by atoms with Crippen molar-refractivity contribution in [2.75, 3.05) is 12.4 Å². The molecule has 138 valence electrons. The summed E-state index contributed by atoms with van der Waals surface area (Å²) in [6.07, 6.45) is 1.24. The maximum Gasteiger partial charge on any atom is 0.350 e. The number of methoxy groups -OCH3 is 1. The molecule has 27 heavy (non-hydrogen) atoms. The zero-order valence-corrected chi connectivity index (χ0v) is 15.0. The number of rotatable bonds is 3. The molecule has 1 saturated heterocycles. The minimum atomic E-state index is -1.28. The van der Waals surface area contributed by atoms with E-state index in [1.807, 2.05) is 30.3 Å². The highest BCUT2D eigenvalue weighted by atomic mass is 16.7. The second kappa shape index (κ2) is 6.05. The fourth-order valence-electron chi connectivity index (χ4n) is 2.96. The molecule has 0 aliphatic carbocycles. The smallest absolute Gasteiger partial charge is 0.350 e. The molecule has 3 aromatic rings. The summed E-state index contributed by atoms with van der Waals surface area (Å²) in [6.45, 7) is 2.98. The molecule has 1 aliphatic rings. The van der Waals surface area contributed by atoms with Crippen LogP contribution in [0.1, 0.15) is 13.8 Å². The van der Waals surface area contributed by atoms with Gasteiger partial charge < -0.3 is 23.9 Å². The number of para-hydroxylation sites is 1. The van der Waals surface area contributed by atoms with Gasteiger partial charge in [0.25, 0.3) is 5.79 Å². The van der Waals surface area contributed by atoms with Crippen molar-refractivity contribution in [3.05, 3.63) is 48.2 Å². The first-order valence-corrected chi connectivity index (χ1v) is 8.30. The number of benzene rings is 2. The van der Waals surface area contributed by atoms with Gasteiger partial charge in [0.15, 0.2) is 5.57 Å². The summed E-state index contributed by atoms with van der Waals surface area (Å²) in [6, 6.07) is 11.3. The van der Waals surface area contributed by atoms with Crippen molar-refractivity contribution in [2.24, 2.45) is 0 Å². The zero-order valence-electron chi connectivity index (χ0n) is 15.0. The van der Waals surface area contributed by atoms with Crippen molar-refractivity contribution in [1.29, 1.82) is 0 Å². The first-order valence-electron chi connectivity index (χ1n) is 8.30. The van der Waals surface area contributed by atoms with Crippen LogP contribution < -0.4 is 10.1 Å². The van der Waals surface area contributed by atoms with Crippen molar-refractivity contribution >= 4 is 39.6 Å². The molecule has 2 aromatic carbocycles. The Morgan fingerprint density at radius 1 is 1.00 bits per heavy atom. The lowest BCUT2D eigenvalue weighted by Gasteiger charge is -2.29. The fourth-order valence-corrected chi connectivity index (χ4v) is 2.96. The van der Waals surface area contributed by atoms with Gasteiger partial charge in [0, 0.05) is 36.9 Å². The lowest BCUT2D eigenvalue weighted by Crippen LogP contribution is -2.42. The Morgan fingerprint density at radius 3 is 2.41 bits per heavy atom. The van der Waals surface area contributed by atoms with E-state index in [9.17, 15) is 9.59 Å². The van der Waals surface area contributed by atoms with Gasteiger partial charge in [-0.15, -0.1) is 0 Å². The molecule has 1 fully saturated rings. The molecule has 0 bridgehead atoms. The van der Waals surface area contributed by atoms with E-state index in [1.165, 1.54) is 27.2 Å². The van der Waals surface area contributed by atoms with Gasteiger partial charge in [-0.1, -0.05) is 18.2 Å². The second-order valence-corrected chi connectivity index (χ2v) is 6.53. The summed E-state index contributed by atoms with van der Waals surface area (Å²) in [5.41, 5.74) is 1.70. The van der Waals surface area contributed by atoms with Crippen LogP contribution in [0.2, 0.25) is 0 Å². The van der Waals surface area contributed by atoms with Crippen LogP contribution in [-0.4, -0.2) is 24.8 Å². The number of hydrogen-bond acceptors (Lipinski definition) is 7. The number of furan rings is 1. The lowest BCUT2D eigenvalue weighted by molar-refractivity contribution is -0.222. The summed E-state index contributed by atoms with van der Waals surface area (Å²) in [7, 11) is 1.54. The maximum absolute atomic E-state index is 12.0. The quantitative estimate of drug-likeness (QED) is 0.429. The molecule has 7 nitrogen and oxygen atoms in total. The largest absolute Gasteiger partial charge is 0.495 e. The van der Waals surface area contributed by atoms with Crippen molar-refractivity contribution in [3.8, 4) is 5.75 Å². The molecule has 1 aromatic heterocycles. The number of anilines is 1. The van der Waals surface area contributed by atoms with Crippen LogP contribution in [0.25, 0.3) is 21.9 Å². The molecule has 7 heteroatoms. The summed E-state index contributed by atoms with van der Waals surface area (Å²) >= 11 is 0. The molecule has 0 amide bonds. The molecule has 1 N–H and O–H groups in total. The van der Waals surface area contributed by atoms with Gasteiger partial charge in [-0.3, -0.25) is 0 Å². The van der Waals surface area contributed by atoms with Crippen LogP contribution >= 0.6 is 0 Å². The van der Waals surface area contributed by atoms with Gasteiger partial charge in [-0.2, -0.15) is 0 Å². The Balaban J connectivity index is 1.72. The number of carbonyl (C=O) groups excluding carboxylic acids is 2. The first kappa shape index (κ1) is 17.0. The Morgan fingerprint density at radius 2 is 1.70 bits per heavy atom. The summed E-state index contributed by atoms with van der Waals surface area (Å²) in [5, 5.41) is 4.78. The van der Waals surface area contributed by atoms with Crippen LogP contribution in [-0.2, 0) is 19.1 Å². The molecular formula is C20H17NO6. The van der Waals surface area contributed by atoms with Crippen LogP contribution in [0.5, 0.6) is 5.75 Å². The van der Waals surface area contributed by atoms with E-state index in [4.69, 9.17) is 18.6 Å². The number of fused-ring (bicyclic) bond motifs is 3. The summed E-state index contributed by atoms with van der Waals surface area (Å²) in [4.78, 5) is 24.1. The van der Waals surface area contributed by atoms with Gasteiger partial charge in [0.2, 0.25) is 0 Å². The fraction of sp³-hybridized carbons (Fsp3) is 0.200. The monoisotopic (exact) mass is 367 g/mol. The van der Waals surface area contributed by atoms with E-state index >= 15 is 0 Å². The van der Waals surface area contributed by atoms with Gasteiger partial charge >= 0.3 is 11.9 Å². The van der Waals surface area contributed by atoms with Crippen molar-refractivity contribution in [2.45, 2.75) is 19.6 Å². The lowest BCUT2D eigenvalue weighted by atomic mass is 10.1. The Labute approximate surface area is 154 Å².